The summed E-state index contributed by atoms with van der Waals surface area (Å²) in [6.45, 7) is 2.18. The van der Waals surface area contributed by atoms with Crippen molar-refractivity contribution in [1.82, 2.24) is 19.9 Å². The zero-order chi connectivity index (χ0) is 13.7. The molecule has 0 radical (unpaired) electrons. The number of ether oxygens (including phenoxy) is 1. The lowest BCUT2D eigenvalue weighted by Crippen LogP contribution is -2.12. The van der Waals surface area contributed by atoms with E-state index in [1.807, 2.05) is 0 Å². The van der Waals surface area contributed by atoms with Crippen LogP contribution < -0.4 is 5.32 Å². The Hall–Kier alpha value is -2.57. The van der Waals surface area contributed by atoms with E-state index in [2.05, 4.69) is 30.0 Å². The predicted octanol–water partition coefficient (Wildman–Crippen LogP) is 0.974. The third kappa shape index (κ3) is 3.21. The minimum atomic E-state index is -0.481. The number of aryl methyl sites for hydroxylation is 1. The first kappa shape index (κ1) is 12.9. The summed E-state index contributed by atoms with van der Waals surface area (Å²) < 4.78 is 4.68. The molecule has 2 aromatic rings. The van der Waals surface area contributed by atoms with Gasteiger partial charge >= 0.3 is 5.97 Å². The lowest BCUT2D eigenvalue weighted by atomic mass is 10.3. The average Bonchev–Trinajstić information content (AvgIpc) is 2.45. The van der Waals surface area contributed by atoms with Crippen LogP contribution >= 0.6 is 0 Å². The Labute approximate surface area is 110 Å². The van der Waals surface area contributed by atoms with E-state index in [-0.39, 0.29) is 0 Å². The summed E-state index contributed by atoms with van der Waals surface area (Å²) in [5.41, 5.74) is 1.09. The van der Waals surface area contributed by atoms with Crippen LogP contribution in [0, 0.1) is 6.92 Å². The smallest absolute Gasteiger partial charge is 0.343 e. The largest absolute Gasteiger partial charge is 0.465 e. The Kier molecular flexibility index (Phi) is 3.97. The van der Waals surface area contributed by atoms with Crippen LogP contribution in [-0.2, 0) is 11.3 Å². The number of rotatable bonds is 4. The number of methoxy groups -OCH3 is 1. The SMILES string of the molecule is COC(=O)c1cnc(C)nc1NCc1ccncn1. The summed E-state index contributed by atoms with van der Waals surface area (Å²) in [5, 5.41) is 3.04. The Bertz CT molecular complexity index is 574. The second-order valence-corrected chi connectivity index (χ2v) is 3.73. The van der Waals surface area contributed by atoms with Gasteiger partial charge in [0, 0.05) is 12.4 Å². The quantitative estimate of drug-likeness (QED) is 0.818. The Balaban J connectivity index is 2.19. The second-order valence-electron chi connectivity index (χ2n) is 3.73. The molecule has 19 heavy (non-hydrogen) atoms. The Morgan fingerprint density at radius 2 is 2.26 bits per heavy atom. The standard InChI is InChI=1S/C12H13N5O2/c1-8-14-6-10(12(18)19-2)11(17-8)15-5-9-3-4-13-7-16-9/h3-4,6-7H,5H2,1-2H3,(H,14,15,17). The van der Waals surface area contributed by atoms with Crippen LogP contribution in [0.2, 0.25) is 0 Å². The minimum absolute atomic E-state index is 0.294. The van der Waals surface area contributed by atoms with Gasteiger partial charge in [0.25, 0.3) is 0 Å². The molecular formula is C12H13N5O2. The highest BCUT2D eigenvalue weighted by molar-refractivity contribution is 5.94. The van der Waals surface area contributed by atoms with Crippen molar-refractivity contribution in [3.8, 4) is 0 Å². The molecule has 0 aliphatic carbocycles. The first-order chi connectivity index (χ1) is 9.20. The Morgan fingerprint density at radius 3 is 2.95 bits per heavy atom. The van der Waals surface area contributed by atoms with Crippen molar-refractivity contribution in [3.63, 3.8) is 0 Å². The summed E-state index contributed by atoms with van der Waals surface area (Å²) in [6.07, 6.45) is 4.55. The van der Waals surface area contributed by atoms with Crippen LogP contribution in [0.15, 0.2) is 24.8 Å². The number of hydrogen-bond acceptors (Lipinski definition) is 7. The molecule has 0 aliphatic heterocycles. The number of nitrogens with zero attached hydrogens (tertiary/aromatic N) is 4. The zero-order valence-electron chi connectivity index (χ0n) is 10.6. The molecular weight excluding hydrogens is 246 g/mol. The number of anilines is 1. The molecule has 0 aliphatic rings. The van der Waals surface area contributed by atoms with E-state index >= 15 is 0 Å². The molecule has 2 aromatic heterocycles. The third-order valence-corrected chi connectivity index (χ3v) is 2.39. The van der Waals surface area contributed by atoms with E-state index < -0.39 is 5.97 Å². The van der Waals surface area contributed by atoms with E-state index in [1.165, 1.54) is 19.6 Å². The number of aromatic nitrogens is 4. The molecule has 0 spiro atoms. The van der Waals surface area contributed by atoms with Crippen molar-refractivity contribution in [1.29, 1.82) is 0 Å². The molecule has 0 amide bonds. The van der Waals surface area contributed by atoms with E-state index in [4.69, 9.17) is 0 Å². The van der Waals surface area contributed by atoms with Gasteiger partial charge in [-0.3, -0.25) is 0 Å². The van der Waals surface area contributed by atoms with Crippen LogP contribution in [0.5, 0.6) is 0 Å². The summed E-state index contributed by atoms with van der Waals surface area (Å²) in [6, 6.07) is 1.78. The van der Waals surface area contributed by atoms with Gasteiger partial charge in [-0.15, -0.1) is 0 Å². The minimum Gasteiger partial charge on any atom is -0.465 e. The highest BCUT2D eigenvalue weighted by Gasteiger charge is 2.14. The first-order valence-corrected chi connectivity index (χ1v) is 5.61. The van der Waals surface area contributed by atoms with Gasteiger partial charge in [0.15, 0.2) is 0 Å². The van der Waals surface area contributed by atoms with Crippen LogP contribution in [0.3, 0.4) is 0 Å². The lowest BCUT2D eigenvalue weighted by molar-refractivity contribution is 0.0601. The lowest BCUT2D eigenvalue weighted by Gasteiger charge is -2.09. The summed E-state index contributed by atoms with van der Waals surface area (Å²) >= 11 is 0. The Morgan fingerprint density at radius 1 is 1.42 bits per heavy atom. The zero-order valence-corrected chi connectivity index (χ0v) is 10.6. The maximum absolute atomic E-state index is 11.6. The van der Waals surface area contributed by atoms with Gasteiger partial charge in [-0.2, -0.15) is 0 Å². The molecule has 0 fully saturated rings. The highest BCUT2D eigenvalue weighted by Crippen LogP contribution is 2.13. The molecule has 0 aromatic carbocycles. The first-order valence-electron chi connectivity index (χ1n) is 5.61. The monoisotopic (exact) mass is 259 g/mol. The molecule has 1 N–H and O–H groups in total. The summed E-state index contributed by atoms with van der Waals surface area (Å²) in [4.78, 5) is 27.7. The van der Waals surface area contributed by atoms with E-state index in [9.17, 15) is 4.79 Å². The molecule has 7 heteroatoms. The highest BCUT2D eigenvalue weighted by atomic mass is 16.5. The number of carbonyl (C=O) groups is 1. The van der Waals surface area contributed by atoms with Crippen LogP contribution in [0.25, 0.3) is 0 Å². The predicted molar refractivity (Wildman–Crippen MR) is 67.5 cm³/mol. The molecule has 0 bridgehead atoms. The van der Waals surface area contributed by atoms with Crippen molar-refractivity contribution >= 4 is 11.8 Å². The van der Waals surface area contributed by atoms with Crippen molar-refractivity contribution in [2.24, 2.45) is 0 Å². The van der Waals surface area contributed by atoms with E-state index in [0.29, 0.717) is 23.8 Å². The molecule has 0 saturated heterocycles. The molecule has 7 nitrogen and oxygen atoms in total. The van der Waals surface area contributed by atoms with E-state index in [0.717, 1.165) is 5.69 Å². The van der Waals surface area contributed by atoms with Gasteiger partial charge < -0.3 is 10.1 Å². The van der Waals surface area contributed by atoms with Crippen LogP contribution in [0.1, 0.15) is 21.9 Å². The van der Waals surface area contributed by atoms with Gasteiger partial charge in [0.2, 0.25) is 0 Å². The van der Waals surface area contributed by atoms with Crippen LogP contribution in [-0.4, -0.2) is 33.0 Å². The normalized spacial score (nSPS) is 10.0. The third-order valence-electron chi connectivity index (χ3n) is 2.39. The van der Waals surface area contributed by atoms with Gasteiger partial charge in [-0.25, -0.2) is 24.7 Å². The van der Waals surface area contributed by atoms with Crippen molar-refractivity contribution in [2.45, 2.75) is 13.5 Å². The fraction of sp³-hybridized carbons (Fsp3) is 0.250. The average molecular weight is 259 g/mol. The summed E-state index contributed by atoms with van der Waals surface area (Å²) in [7, 11) is 1.32. The number of carbonyl (C=O) groups excluding carboxylic acids is 1. The van der Waals surface area contributed by atoms with Crippen molar-refractivity contribution in [2.75, 3.05) is 12.4 Å². The fourth-order valence-corrected chi connectivity index (χ4v) is 1.46. The topological polar surface area (TPSA) is 89.9 Å². The second kappa shape index (κ2) is 5.85. The molecule has 0 atom stereocenters. The van der Waals surface area contributed by atoms with Gasteiger partial charge in [0.1, 0.15) is 23.5 Å². The fourth-order valence-electron chi connectivity index (χ4n) is 1.46. The van der Waals surface area contributed by atoms with E-state index in [1.54, 1.807) is 19.2 Å². The van der Waals surface area contributed by atoms with Crippen molar-refractivity contribution < 1.29 is 9.53 Å². The molecule has 0 saturated carbocycles. The number of esters is 1. The van der Waals surface area contributed by atoms with Crippen molar-refractivity contribution in [3.05, 3.63) is 41.9 Å². The molecule has 2 heterocycles. The van der Waals surface area contributed by atoms with Gasteiger partial charge in [-0.1, -0.05) is 0 Å². The number of nitrogens with one attached hydrogen (secondary N) is 1. The van der Waals surface area contributed by atoms with Crippen LogP contribution in [0.4, 0.5) is 5.82 Å². The summed E-state index contributed by atoms with van der Waals surface area (Å²) in [5.74, 6) is 0.515. The molecule has 0 unspecified atom stereocenters. The van der Waals surface area contributed by atoms with Gasteiger partial charge in [0.05, 0.1) is 19.3 Å². The maximum Gasteiger partial charge on any atom is 0.343 e. The maximum atomic E-state index is 11.6. The number of hydrogen-bond donors (Lipinski definition) is 1. The molecule has 2 rings (SSSR count). The molecule has 98 valence electrons. The van der Waals surface area contributed by atoms with Gasteiger partial charge in [-0.05, 0) is 13.0 Å².